The minimum Gasteiger partial charge on any atom is -0.314 e. The molecule has 0 radical (unpaired) electrons. The summed E-state index contributed by atoms with van der Waals surface area (Å²) in [5.74, 6) is -0.141. The van der Waals surface area contributed by atoms with Gasteiger partial charge in [0, 0.05) is 32.4 Å². The zero-order valence-electron chi connectivity index (χ0n) is 9.26. The molecule has 2 N–H and O–H groups in total. The number of amides is 1. The third-order valence-corrected chi connectivity index (χ3v) is 2.27. The van der Waals surface area contributed by atoms with Crippen molar-refractivity contribution in [3.05, 3.63) is 30.1 Å². The Morgan fingerprint density at radius 2 is 2.00 bits per heavy atom. The van der Waals surface area contributed by atoms with Gasteiger partial charge in [0.25, 0.3) is 5.91 Å². The number of pyridine rings is 1. The first-order chi connectivity index (χ1) is 7.36. The zero-order chi connectivity index (χ0) is 10.5. The predicted octanol–water partition coefficient (Wildman–Crippen LogP) is 0.475. The van der Waals surface area contributed by atoms with Crippen LogP contribution < -0.4 is 10.7 Å². The molecule has 1 aromatic heterocycles. The number of hydrogen-bond acceptors (Lipinski definition) is 4. The van der Waals surface area contributed by atoms with E-state index in [1.54, 1.807) is 24.4 Å². The number of nitrogens with one attached hydrogen (secondary N) is 2. The van der Waals surface area contributed by atoms with Gasteiger partial charge in [-0.3, -0.25) is 15.2 Å². The maximum Gasteiger partial charge on any atom is 0.284 e. The Bertz CT molecular complexity index is 330. The summed E-state index contributed by atoms with van der Waals surface area (Å²) in [6.07, 6.45) is 1.62. The molecule has 96 valence electrons. The van der Waals surface area contributed by atoms with Crippen LogP contribution in [0.25, 0.3) is 0 Å². The molecule has 2 rings (SSSR count). The molecule has 1 amide bonds. The van der Waals surface area contributed by atoms with Crippen LogP contribution in [-0.4, -0.2) is 42.1 Å². The Morgan fingerprint density at radius 1 is 1.29 bits per heavy atom. The monoisotopic (exact) mass is 278 g/mol. The van der Waals surface area contributed by atoms with Crippen LogP contribution >= 0.6 is 24.8 Å². The molecule has 1 aliphatic heterocycles. The van der Waals surface area contributed by atoms with Crippen molar-refractivity contribution in [3.63, 3.8) is 0 Å². The summed E-state index contributed by atoms with van der Waals surface area (Å²) < 4.78 is 0. The van der Waals surface area contributed by atoms with Crippen LogP contribution in [0.4, 0.5) is 0 Å². The molecule has 0 spiro atoms. The Hall–Kier alpha value is -0.880. The number of carbonyl (C=O) groups excluding carboxylic acids is 1. The number of carbonyl (C=O) groups is 1. The van der Waals surface area contributed by atoms with Crippen LogP contribution in [0.15, 0.2) is 24.4 Å². The van der Waals surface area contributed by atoms with E-state index in [1.807, 2.05) is 5.01 Å². The summed E-state index contributed by atoms with van der Waals surface area (Å²) in [5.41, 5.74) is 3.28. The van der Waals surface area contributed by atoms with E-state index >= 15 is 0 Å². The highest BCUT2D eigenvalue weighted by Crippen LogP contribution is 1.95. The van der Waals surface area contributed by atoms with Gasteiger partial charge in [0.1, 0.15) is 5.69 Å². The lowest BCUT2D eigenvalue weighted by Gasteiger charge is -2.27. The second-order valence-corrected chi connectivity index (χ2v) is 3.39. The fourth-order valence-electron chi connectivity index (χ4n) is 1.47. The molecular weight excluding hydrogens is 263 g/mol. The summed E-state index contributed by atoms with van der Waals surface area (Å²) in [6, 6.07) is 5.30. The summed E-state index contributed by atoms with van der Waals surface area (Å²) in [4.78, 5) is 15.7. The standard InChI is InChI=1S/C10H14N4O.2ClH/c15-10(9-3-1-2-4-12-9)13-14-7-5-11-6-8-14;;/h1-4,11H,5-8H2,(H,13,15);2*1H. The number of nitrogens with zero attached hydrogens (tertiary/aromatic N) is 2. The molecule has 17 heavy (non-hydrogen) atoms. The van der Waals surface area contributed by atoms with Gasteiger partial charge in [0.15, 0.2) is 0 Å². The molecule has 7 heteroatoms. The highest BCUT2D eigenvalue weighted by molar-refractivity contribution is 5.91. The number of hydrogen-bond donors (Lipinski definition) is 2. The number of halogens is 2. The summed E-state index contributed by atoms with van der Waals surface area (Å²) in [6.45, 7) is 3.47. The fraction of sp³-hybridized carbons (Fsp3) is 0.400. The van der Waals surface area contributed by atoms with E-state index in [-0.39, 0.29) is 30.7 Å². The number of aromatic nitrogens is 1. The molecule has 1 saturated heterocycles. The van der Waals surface area contributed by atoms with Crippen LogP contribution in [0.1, 0.15) is 10.5 Å². The maximum absolute atomic E-state index is 11.7. The van der Waals surface area contributed by atoms with Gasteiger partial charge >= 0.3 is 0 Å². The fourth-order valence-corrected chi connectivity index (χ4v) is 1.47. The molecule has 1 fully saturated rings. The Balaban J connectivity index is 0.00000128. The highest BCUT2D eigenvalue weighted by atomic mass is 35.5. The first-order valence-corrected chi connectivity index (χ1v) is 5.04. The molecular formula is C10H16Cl2N4O. The molecule has 0 aromatic carbocycles. The van der Waals surface area contributed by atoms with Crippen LogP contribution in [0.3, 0.4) is 0 Å². The SMILES string of the molecule is Cl.Cl.O=C(NN1CCNCC1)c1ccccn1. The van der Waals surface area contributed by atoms with Crippen LogP contribution in [-0.2, 0) is 0 Å². The van der Waals surface area contributed by atoms with Crippen molar-refractivity contribution in [1.29, 1.82) is 0 Å². The van der Waals surface area contributed by atoms with Crippen molar-refractivity contribution in [2.75, 3.05) is 26.2 Å². The first-order valence-electron chi connectivity index (χ1n) is 5.04. The van der Waals surface area contributed by atoms with E-state index in [1.165, 1.54) is 0 Å². The lowest BCUT2D eigenvalue weighted by molar-refractivity contribution is 0.0759. The van der Waals surface area contributed by atoms with Crippen molar-refractivity contribution in [2.45, 2.75) is 0 Å². The highest BCUT2D eigenvalue weighted by Gasteiger charge is 2.13. The van der Waals surface area contributed by atoms with E-state index in [0.717, 1.165) is 26.2 Å². The van der Waals surface area contributed by atoms with Gasteiger partial charge in [0.05, 0.1) is 0 Å². The molecule has 0 unspecified atom stereocenters. The molecule has 1 aliphatic rings. The molecule has 0 aliphatic carbocycles. The molecule has 5 nitrogen and oxygen atoms in total. The van der Waals surface area contributed by atoms with Gasteiger partial charge < -0.3 is 5.32 Å². The van der Waals surface area contributed by atoms with Crippen LogP contribution in [0.2, 0.25) is 0 Å². The van der Waals surface area contributed by atoms with E-state index in [2.05, 4.69) is 15.7 Å². The molecule has 2 heterocycles. The van der Waals surface area contributed by atoms with Gasteiger partial charge in [0.2, 0.25) is 0 Å². The van der Waals surface area contributed by atoms with E-state index in [0.29, 0.717) is 5.69 Å². The van der Waals surface area contributed by atoms with Crippen molar-refractivity contribution < 1.29 is 4.79 Å². The normalized spacial score (nSPS) is 15.3. The summed E-state index contributed by atoms with van der Waals surface area (Å²) in [7, 11) is 0. The third-order valence-electron chi connectivity index (χ3n) is 2.27. The smallest absolute Gasteiger partial charge is 0.284 e. The van der Waals surface area contributed by atoms with Gasteiger partial charge in [-0.2, -0.15) is 0 Å². The second kappa shape index (κ2) is 8.25. The van der Waals surface area contributed by atoms with E-state index < -0.39 is 0 Å². The average Bonchev–Trinajstić information content (AvgIpc) is 2.31. The van der Waals surface area contributed by atoms with E-state index in [9.17, 15) is 4.79 Å². The Morgan fingerprint density at radius 3 is 2.59 bits per heavy atom. The zero-order valence-corrected chi connectivity index (χ0v) is 10.9. The number of hydrazine groups is 1. The average molecular weight is 279 g/mol. The summed E-state index contributed by atoms with van der Waals surface area (Å²) in [5, 5.41) is 5.13. The quantitative estimate of drug-likeness (QED) is 0.826. The van der Waals surface area contributed by atoms with Gasteiger partial charge in [-0.25, -0.2) is 5.01 Å². The minimum absolute atomic E-state index is 0. The summed E-state index contributed by atoms with van der Waals surface area (Å²) >= 11 is 0. The Labute approximate surface area is 113 Å². The van der Waals surface area contributed by atoms with Gasteiger partial charge in [-0.05, 0) is 12.1 Å². The lowest BCUT2D eigenvalue weighted by Crippen LogP contribution is -2.52. The van der Waals surface area contributed by atoms with Crippen molar-refractivity contribution in [3.8, 4) is 0 Å². The third kappa shape index (κ3) is 4.87. The number of rotatable bonds is 2. The largest absolute Gasteiger partial charge is 0.314 e. The number of piperazine rings is 1. The first kappa shape index (κ1) is 16.1. The molecule has 0 atom stereocenters. The second-order valence-electron chi connectivity index (χ2n) is 3.39. The van der Waals surface area contributed by atoms with Crippen molar-refractivity contribution >= 4 is 30.7 Å². The predicted molar refractivity (Wildman–Crippen MR) is 70.6 cm³/mol. The molecule has 1 aromatic rings. The van der Waals surface area contributed by atoms with Crippen LogP contribution in [0, 0.1) is 0 Å². The van der Waals surface area contributed by atoms with Gasteiger partial charge in [-0.15, -0.1) is 24.8 Å². The Kier molecular flexibility index (Phi) is 7.82. The topological polar surface area (TPSA) is 57.3 Å². The lowest BCUT2D eigenvalue weighted by atomic mass is 10.3. The maximum atomic E-state index is 11.7. The van der Waals surface area contributed by atoms with E-state index in [4.69, 9.17) is 0 Å². The van der Waals surface area contributed by atoms with Crippen molar-refractivity contribution in [2.24, 2.45) is 0 Å². The minimum atomic E-state index is -0.141. The molecule has 0 saturated carbocycles. The molecule has 0 bridgehead atoms. The van der Waals surface area contributed by atoms with Crippen LogP contribution in [0.5, 0.6) is 0 Å². The van der Waals surface area contributed by atoms with Gasteiger partial charge in [-0.1, -0.05) is 6.07 Å². The van der Waals surface area contributed by atoms with Crippen molar-refractivity contribution in [1.82, 2.24) is 20.7 Å².